The summed E-state index contributed by atoms with van der Waals surface area (Å²) in [5.74, 6) is 0.493. The summed E-state index contributed by atoms with van der Waals surface area (Å²) < 4.78 is 1.58. The van der Waals surface area contributed by atoms with Crippen LogP contribution < -0.4 is 5.32 Å². The van der Waals surface area contributed by atoms with Crippen molar-refractivity contribution >= 4 is 5.91 Å². The Labute approximate surface area is 105 Å². The van der Waals surface area contributed by atoms with Gasteiger partial charge in [-0.25, -0.2) is 4.68 Å². The number of nitrogens with zero attached hydrogens (tertiary/aromatic N) is 3. The SMILES string of the molecule is O=C(Cn1cc(C2CC2)nn1)NCC1(CO)CC1. The van der Waals surface area contributed by atoms with Gasteiger partial charge in [0.1, 0.15) is 6.54 Å². The van der Waals surface area contributed by atoms with Gasteiger partial charge < -0.3 is 10.4 Å². The third kappa shape index (κ3) is 2.53. The van der Waals surface area contributed by atoms with Crippen LogP contribution >= 0.6 is 0 Å². The number of rotatable bonds is 6. The van der Waals surface area contributed by atoms with Crippen LogP contribution in [0.5, 0.6) is 0 Å². The van der Waals surface area contributed by atoms with Crippen molar-refractivity contribution in [1.82, 2.24) is 20.3 Å². The summed E-state index contributed by atoms with van der Waals surface area (Å²) in [5, 5.41) is 20.0. The van der Waals surface area contributed by atoms with Gasteiger partial charge in [0, 0.05) is 24.1 Å². The fraction of sp³-hybridized carbons (Fsp3) is 0.750. The molecule has 0 aliphatic heterocycles. The van der Waals surface area contributed by atoms with E-state index in [9.17, 15) is 4.79 Å². The van der Waals surface area contributed by atoms with Crippen LogP contribution in [0.4, 0.5) is 0 Å². The molecule has 98 valence electrons. The van der Waals surface area contributed by atoms with Crippen molar-refractivity contribution in [3.05, 3.63) is 11.9 Å². The lowest BCUT2D eigenvalue weighted by molar-refractivity contribution is -0.122. The molecule has 6 nitrogen and oxygen atoms in total. The van der Waals surface area contributed by atoms with Gasteiger partial charge >= 0.3 is 0 Å². The largest absolute Gasteiger partial charge is 0.396 e. The van der Waals surface area contributed by atoms with Crippen molar-refractivity contribution in [2.24, 2.45) is 5.41 Å². The normalized spacial score (nSPS) is 20.7. The van der Waals surface area contributed by atoms with E-state index < -0.39 is 0 Å². The van der Waals surface area contributed by atoms with Crippen molar-refractivity contribution in [1.29, 1.82) is 0 Å². The van der Waals surface area contributed by atoms with Gasteiger partial charge in [0.25, 0.3) is 0 Å². The van der Waals surface area contributed by atoms with E-state index in [1.165, 1.54) is 12.8 Å². The van der Waals surface area contributed by atoms with E-state index in [-0.39, 0.29) is 24.5 Å². The van der Waals surface area contributed by atoms with Crippen LogP contribution in [0.2, 0.25) is 0 Å². The number of carbonyl (C=O) groups is 1. The summed E-state index contributed by atoms with van der Waals surface area (Å²) in [6.45, 7) is 0.927. The van der Waals surface area contributed by atoms with Crippen LogP contribution in [0.15, 0.2) is 6.20 Å². The van der Waals surface area contributed by atoms with E-state index in [1.54, 1.807) is 4.68 Å². The van der Waals surface area contributed by atoms with E-state index in [4.69, 9.17) is 5.11 Å². The van der Waals surface area contributed by atoms with E-state index in [2.05, 4.69) is 15.6 Å². The second kappa shape index (κ2) is 4.35. The van der Waals surface area contributed by atoms with E-state index >= 15 is 0 Å². The Morgan fingerprint density at radius 1 is 1.56 bits per heavy atom. The molecule has 2 saturated carbocycles. The van der Waals surface area contributed by atoms with Crippen molar-refractivity contribution < 1.29 is 9.90 Å². The first-order valence-corrected chi connectivity index (χ1v) is 6.48. The molecule has 6 heteroatoms. The van der Waals surface area contributed by atoms with Crippen molar-refractivity contribution in [2.45, 2.75) is 38.1 Å². The number of nitrogens with one attached hydrogen (secondary N) is 1. The average Bonchev–Trinajstić information content (AvgIpc) is 3.29. The Kier molecular flexibility index (Phi) is 2.81. The molecular formula is C12H18N4O2. The average molecular weight is 250 g/mol. The first-order chi connectivity index (χ1) is 8.71. The van der Waals surface area contributed by atoms with Crippen LogP contribution in [-0.4, -0.2) is 39.2 Å². The van der Waals surface area contributed by atoms with Crippen molar-refractivity contribution in [3.8, 4) is 0 Å². The molecule has 0 atom stereocenters. The number of amides is 1. The molecular weight excluding hydrogens is 232 g/mol. The predicted molar refractivity (Wildman–Crippen MR) is 63.8 cm³/mol. The van der Waals surface area contributed by atoms with Crippen LogP contribution in [0.25, 0.3) is 0 Å². The smallest absolute Gasteiger partial charge is 0.241 e. The van der Waals surface area contributed by atoms with Gasteiger partial charge in [-0.1, -0.05) is 5.21 Å². The number of hydrogen-bond donors (Lipinski definition) is 2. The van der Waals surface area contributed by atoms with Gasteiger partial charge in [-0.2, -0.15) is 0 Å². The lowest BCUT2D eigenvalue weighted by atomic mass is 10.1. The lowest BCUT2D eigenvalue weighted by Crippen LogP contribution is -2.34. The minimum atomic E-state index is -0.0676. The Bertz CT molecular complexity index is 449. The second-order valence-corrected chi connectivity index (χ2v) is 5.55. The highest BCUT2D eigenvalue weighted by molar-refractivity contribution is 5.75. The zero-order valence-corrected chi connectivity index (χ0v) is 10.3. The standard InChI is InChI=1S/C12H18N4O2/c17-8-12(3-4-12)7-13-11(18)6-16-5-10(14-15-16)9-1-2-9/h5,9,17H,1-4,6-8H2,(H,13,18). The van der Waals surface area contributed by atoms with Gasteiger partial charge in [-0.05, 0) is 25.7 Å². The van der Waals surface area contributed by atoms with Gasteiger partial charge in [0.2, 0.25) is 5.91 Å². The fourth-order valence-corrected chi connectivity index (χ4v) is 2.01. The molecule has 0 unspecified atom stereocenters. The van der Waals surface area contributed by atoms with E-state index in [0.717, 1.165) is 18.5 Å². The highest BCUT2D eigenvalue weighted by Crippen LogP contribution is 2.44. The number of carbonyl (C=O) groups excluding carboxylic acids is 1. The molecule has 3 rings (SSSR count). The Balaban J connectivity index is 1.47. The molecule has 2 aliphatic carbocycles. The highest BCUT2D eigenvalue weighted by atomic mass is 16.3. The summed E-state index contributed by atoms with van der Waals surface area (Å²) in [7, 11) is 0. The van der Waals surface area contributed by atoms with Crippen LogP contribution in [0, 0.1) is 5.41 Å². The zero-order chi connectivity index (χ0) is 12.6. The molecule has 2 N–H and O–H groups in total. The van der Waals surface area contributed by atoms with Crippen LogP contribution in [0.1, 0.15) is 37.3 Å². The third-order valence-corrected chi connectivity index (χ3v) is 3.81. The van der Waals surface area contributed by atoms with Crippen LogP contribution in [-0.2, 0) is 11.3 Å². The maximum Gasteiger partial charge on any atom is 0.241 e. The van der Waals surface area contributed by atoms with E-state index in [1.807, 2.05) is 6.20 Å². The van der Waals surface area contributed by atoms with Crippen LogP contribution in [0.3, 0.4) is 0 Å². The molecule has 18 heavy (non-hydrogen) atoms. The number of aliphatic hydroxyl groups is 1. The number of aromatic nitrogens is 3. The van der Waals surface area contributed by atoms with Gasteiger partial charge in [-0.15, -0.1) is 5.10 Å². The van der Waals surface area contributed by atoms with Gasteiger partial charge in [0.15, 0.2) is 0 Å². The number of hydrogen-bond acceptors (Lipinski definition) is 4. The monoisotopic (exact) mass is 250 g/mol. The summed E-state index contributed by atoms with van der Waals surface area (Å²) >= 11 is 0. The Morgan fingerprint density at radius 2 is 2.33 bits per heavy atom. The first-order valence-electron chi connectivity index (χ1n) is 6.48. The summed E-state index contributed by atoms with van der Waals surface area (Å²) in [6.07, 6.45) is 6.22. The molecule has 2 aliphatic rings. The molecule has 0 radical (unpaired) electrons. The molecule has 1 amide bonds. The minimum Gasteiger partial charge on any atom is -0.396 e. The molecule has 1 aromatic rings. The molecule has 0 bridgehead atoms. The van der Waals surface area contributed by atoms with Crippen molar-refractivity contribution in [2.75, 3.05) is 13.2 Å². The molecule has 0 spiro atoms. The quantitative estimate of drug-likeness (QED) is 0.747. The van der Waals surface area contributed by atoms with Crippen molar-refractivity contribution in [3.63, 3.8) is 0 Å². The Morgan fingerprint density at radius 3 is 2.94 bits per heavy atom. The number of aliphatic hydroxyl groups excluding tert-OH is 1. The zero-order valence-electron chi connectivity index (χ0n) is 10.3. The fourth-order valence-electron chi connectivity index (χ4n) is 2.01. The highest BCUT2D eigenvalue weighted by Gasteiger charge is 2.42. The Hall–Kier alpha value is -1.43. The molecule has 1 aromatic heterocycles. The summed E-state index contributed by atoms with van der Waals surface area (Å²) in [4.78, 5) is 11.7. The summed E-state index contributed by atoms with van der Waals surface area (Å²) in [5.41, 5.74) is 0.953. The molecule has 1 heterocycles. The first kappa shape index (κ1) is 11.6. The third-order valence-electron chi connectivity index (χ3n) is 3.81. The van der Waals surface area contributed by atoms with Gasteiger partial charge in [0.05, 0.1) is 12.3 Å². The molecule has 0 aromatic carbocycles. The second-order valence-electron chi connectivity index (χ2n) is 5.55. The maximum absolute atomic E-state index is 11.7. The maximum atomic E-state index is 11.7. The van der Waals surface area contributed by atoms with E-state index in [0.29, 0.717) is 12.5 Å². The molecule has 0 saturated heterocycles. The lowest BCUT2D eigenvalue weighted by Gasteiger charge is -2.12. The summed E-state index contributed by atoms with van der Waals surface area (Å²) in [6, 6.07) is 0. The molecule has 2 fully saturated rings. The topological polar surface area (TPSA) is 80.0 Å². The minimum absolute atomic E-state index is 0.0444. The van der Waals surface area contributed by atoms with Gasteiger partial charge in [-0.3, -0.25) is 4.79 Å². The predicted octanol–water partition coefficient (Wildman–Crippen LogP) is 0.0442.